The Kier molecular flexibility index (Phi) is 6.59. The third kappa shape index (κ3) is 4.80. The number of carbonyl (C=O) groups excluding carboxylic acids is 2. The third-order valence-corrected chi connectivity index (χ3v) is 4.82. The normalized spacial score (nSPS) is 15.3. The highest BCUT2D eigenvalue weighted by atomic mass is 16.5. The van der Waals surface area contributed by atoms with Crippen LogP contribution in [-0.4, -0.2) is 45.2 Å². The highest BCUT2D eigenvalue weighted by Crippen LogP contribution is 2.33. The number of anilines is 1. The molecule has 7 heteroatoms. The Balaban J connectivity index is 1.51. The zero-order valence-corrected chi connectivity index (χ0v) is 16.9. The Morgan fingerprint density at radius 3 is 2.66 bits per heavy atom. The van der Waals surface area contributed by atoms with Gasteiger partial charge in [0.1, 0.15) is 5.75 Å². The summed E-state index contributed by atoms with van der Waals surface area (Å²) in [6, 6.07) is 13.1. The van der Waals surface area contributed by atoms with E-state index in [9.17, 15) is 9.59 Å². The van der Waals surface area contributed by atoms with Gasteiger partial charge in [-0.3, -0.25) is 9.59 Å². The first kappa shape index (κ1) is 20.5. The number of amides is 2. The van der Waals surface area contributed by atoms with Crippen molar-refractivity contribution in [2.24, 2.45) is 0 Å². The quantitative estimate of drug-likeness (QED) is 0.740. The summed E-state index contributed by atoms with van der Waals surface area (Å²) in [5.41, 5.74) is 1.74. The molecule has 1 aliphatic heterocycles. The van der Waals surface area contributed by atoms with Crippen molar-refractivity contribution in [3.05, 3.63) is 48.0 Å². The molecule has 2 amide bonds. The second kappa shape index (κ2) is 9.32. The second-order valence-electron chi connectivity index (χ2n) is 6.76. The Morgan fingerprint density at radius 1 is 1.14 bits per heavy atom. The molecule has 0 unspecified atom stereocenters. The topological polar surface area (TPSA) is 77.1 Å². The lowest BCUT2D eigenvalue weighted by atomic mass is 10.1. The summed E-state index contributed by atoms with van der Waals surface area (Å²) in [5.74, 6) is 1.75. The monoisotopic (exact) mass is 398 g/mol. The number of nitrogens with one attached hydrogen (secondary N) is 1. The maximum atomic E-state index is 12.5. The summed E-state index contributed by atoms with van der Waals surface area (Å²) >= 11 is 0. The molecule has 1 atom stereocenters. The van der Waals surface area contributed by atoms with Crippen molar-refractivity contribution in [2.45, 2.75) is 25.9 Å². The van der Waals surface area contributed by atoms with E-state index in [0.29, 0.717) is 42.4 Å². The first-order chi connectivity index (χ1) is 14.0. The number of hydrogen-bond donors (Lipinski definition) is 1. The summed E-state index contributed by atoms with van der Waals surface area (Å²) in [7, 11) is 3.19. The van der Waals surface area contributed by atoms with E-state index in [2.05, 4.69) is 5.32 Å². The maximum Gasteiger partial charge on any atom is 0.267 e. The van der Waals surface area contributed by atoms with Crippen molar-refractivity contribution in [1.29, 1.82) is 0 Å². The maximum absolute atomic E-state index is 12.5. The molecule has 1 aliphatic rings. The van der Waals surface area contributed by atoms with Crippen LogP contribution in [0.2, 0.25) is 0 Å². The SMILES string of the molecule is COc1ccc(CCNC(=O)CCN2C(=O)[C@@H](C)Oc3ccccc32)cc1OC. The Morgan fingerprint density at radius 2 is 1.90 bits per heavy atom. The number of benzene rings is 2. The van der Waals surface area contributed by atoms with E-state index in [4.69, 9.17) is 14.2 Å². The fourth-order valence-electron chi connectivity index (χ4n) is 3.27. The summed E-state index contributed by atoms with van der Waals surface area (Å²) in [5, 5.41) is 2.91. The van der Waals surface area contributed by atoms with Gasteiger partial charge < -0.3 is 24.4 Å². The second-order valence-corrected chi connectivity index (χ2v) is 6.76. The molecule has 0 saturated heterocycles. The van der Waals surface area contributed by atoms with Gasteiger partial charge in [-0.25, -0.2) is 0 Å². The highest BCUT2D eigenvalue weighted by molar-refractivity contribution is 6.00. The Bertz CT molecular complexity index is 883. The molecule has 2 aromatic carbocycles. The van der Waals surface area contributed by atoms with Crippen LogP contribution in [0.1, 0.15) is 18.9 Å². The molecule has 7 nitrogen and oxygen atoms in total. The molecule has 2 aromatic rings. The van der Waals surface area contributed by atoms with Crippen LogP contribution in [0.4, 0.5) is 5.69 Å². The zero-order valence-electron chi connectivity index (χ0n) is 16.9. The molecule has 29 heavy (non-hydrogen) atoms. The van der Waals surface area contributed by atoms with Gasteiger partial charge in [0.2, 0.25) is 5.91 Å². The van der Waals surface area contributed by atoms with Gasteiger partial charge in [-0.2, -0.15) is 0 Å². The van der Waals surface area contributed by atoms with Crippen molar-refractivity contribution in [1.82, 2.24) is 5.32 Å². The van der Waals surface area contributed by atoms with Gasteiger partial charge in [-0.05, 0) is 43.2 Å². The van der Waals surface area contributed by atoms with Crippen LogP contribution < -0.4 is 24.4 Å². The van der Waals surface area contributed by atoms with Crippen LogP contribution in [0.15, 0.2) is 42.5 Å². The van der Waals surface area contributed by atoms with Crippen LogP contribution >= 0.6 is 0 Å². The van der Waals surface area contributed by atoms with Crippen molar-refractivity contribution in [3.8, 4) is 17.2 Å². The lowest BCUT2D eigenvalue weighted by molar-refractivity contribution is -0.125. The largest absolute Gasteiger partial charge is 0.493 e. The molecule has 1 heterocycles. The minimum absolute atomic E-state index is 0.102. The van der Waals surface area contributed by atoms with Gasteiger partial charge in [0.15, 0.2) is 17.6 Å². The Hall–Kier alpha value is -3.22. The van der Waals surface area contributed by atoms with Crippen LogP contribution in [0.5, 0.6) is 17.2 Å². The van der Waals surface area contributed by atoms with E-state index in [1.54, 1.807) is 26.0 Å². The van der Waals surface area contributed by atoms with E-state index in [1.807, 2.05) is 42.5 Å². The smallest absolute Gasteiger partial charge is 0.267 e. The summed E-state index contributed by atoms with van der Waals surface area (Å²) in [6.45, 7) is 2.53. The van der Waals surface area contributed by atoms with Gasteiger partial charge in [0, 0.05) is 19.5 Å². The van der Waals surface area contributed by atoms with Gasteiger partial charge >= 0.3 is 0 Å². The van der Waals surface area contributed by atoms with Crippen LogP contribution in [0.25, 0.3) is 0 Å². The van der Waals surface area contributed by atoms with Crippen molar-refractivity contribution in [2.75, 3.05) is 32.2 Å². The van der Waals surface area contributed by atoms with Crippen LogP contribution in [0.3, 0.4) is 0 Å². The van der Waals surface area contributed by atoms with E-state index in [-0.39, 0.29) is 18.2 Å². The summed E-state index contributed by atoms with van der Waals surface area (Å²) < 4.78 is 16.1. The number of para-hydroxylation sites is 2. The number of ether oxygens (including phenoxy) is 3. The number of methoxy groups -OCH3 is 2. The van der Waals surface area contributed by atoms with Crippen molar-refractivity contribution < 1.29 is 23.8 Å². The van der Waals surface area contributed by atoms with E-state index >= 15 is 0 Å². The molecule has 0 fully saturated rings. The van der Waals surface area contributed by atoms with E-state index in [1.165, 1.54) is 0 Å². The molecule has 0 spiro atoms. The van der Waals surface area contributed by atoms with Crippen molar-refractivity contribution in [3.63, 3.8) is 0 Å². The van der Waals surface area contributed by atoms with Gasteiger partial charge in [-0.1, -0.05) is 18.2 Å². The molecule has 1 N–H and O–H groups in total. The standard InChI is InChI=1S/C22H26N2O5/c1-15-22(26)24(17-6-4-5-7-18(17)29-15)13-11-21(25)23-12-10-16-8-9-19(27-2)20(14-16)28-3/h4-9,14-15H,10-13H2,1-3H3,(H,23,25)/t15-/m1/s1. The van der Waals surface area contributed by atoms with E-state index < -0.39 is 6.10 Å². The van der Waals surface area contributed by atoms with Crippen molar-refractivity contribution >= 4 is 17.5 Å². The summed E-state index contributed by atoms with van der Waals surface area (Å²) in [6.07, 6.45) is 0.333. The number of nitrogens with zero attached hydrogens (tertiary/aromatic N) is 1. The molecule has 0 aromatic heterocycles. The lowest BCUT2D eigenvalue weighted by Gasteiger charge is -2.32. The van der Waals surface area contributed by atoms with Gasteiger partial charge in [0.05, 0.1) is 19.9 Å². The number of hydrogen-bond acceptors (Lipinski definition) is 5. The molecular formula is C22H26N2O5. The fourth-order valence-corrected chi connectivity index (χ4v) is 3.27. The molecule has 0 saturated carbocycles. The molecule has 0 radical (unpaired) electrons. The number of rotatable bonds is 8. The predicted octanol–water partition coefficient (Wildman–Crippen LogP) is 2.57. The number of fused-ring (bicyclic) bond motifs is 1. The molecular weight excluding hydrogens is 372 g/mol. The molecule has 3 rings (SSSR count). The average Bonchev–Trinajstić information content (AvgIpc) is 2.74. The number of carbonyl (C=O) groups is 2. The fraction of sp³-hybridized carbons (Fsp3) is 0.364. The lowest BCUT2D eigenvalue weighted by Crippen LogP contribution is -2.45. The summed E-state index contributed by atoms with van der Waals surface area (Å²) in [4.78, 5) is 26.4. The van der Waals surface area contributed by atoms with Crippen LogP contribution in [-0.2, 0) is 16.0 Å². The zero-order chi connectivity index (χ0) is 20.8. The Labute approximate surface area is 170 Å². The predicted molar refractivity (Wildman–Crippen MR) is 110 cm³/mol. The first-order valence-electron chi connectivity index (χ1n) is 9.58. The minimum Gasteiger partial charge on any atom is -0.493 e. The third-order valence-electron chi connectivity index (χ3n) is 4.82. The molecule has 0 bridgehead atoms. The van der Waals surface area contributed by atoms with Gasteiger partial charge in [0.25, 0.3) is 5.91 Å². The van der Waals surface area contributed by atoms with Gasteiger partial charge in [-0.15, -0.1) is 0 Å². The van der Waals surface area contributed by atoms with Crippen LogP contribution in [0, 0.1) is 0 Å². The minimum atomic E-state index is -0.557. The first-order valence-corrected chi connectivity index (χ1v) is 9.58. The molecule has 154 valence electrons. The average molecular weight is 398 g/mol. The highest BCUT2D eigenvalue weighted by Gasteiger charge is 2.31. The molecule has 0 aliphatic carbocycles. The van der Waals surface area contributed by atoms with E-state index in [0.717, 1.165) is 5.56 Å².